The molecule has 0 aliphatic carbocycles. The van der Waals surface area contributed by atoms with Crippen molar-refractivity contribution in [2.45, 2.75) is 39.2 Å². The van der Waals surface area contributed by atoms with E-state index in [0.717, 1.165) is 25.2 Å². The summed E-state index contributed by atoms with van der Waals surface area (Å²) < 4.78 is 5.04. The highest BCUT2D eigenvalue weighted by Gasteiger charge is 2.14. The second kappa shape index (κ2) is 8.17. The average Bonchev–Trinajstić information content (AvgIpc) is 2.81. The minimum atomic E-state index is 0. The number of carbonyl (C=O) groups is 1. The third kappa shape index (κ3) is 5.61. The minimum absolute atomic E-state index is 0. The van der Waals surface area contributed by atoms with Gasteiger partial charge in [0.25, 0.3) is 0 Å². The number of halogens is 1. The van der Waals surface area contributed by atoms with Gasteiger partial charge >= 0.3 is 0 Å². The number of carbonyl (C=O) groups excluding carboxylic acids is 1. The van der Waals surface area contributed by atoms with Crippen molar-refractivity contribution < 1.29 is 9.32 Å². The van der Waals surface area contributed by atoms with Crippen molar-refractivity contribution in [1.82, 2.24) is 15.8 Å². The van der Waals surface area contributed by atoms with E-state index in [1.165, 1.54) is 12.8 Å². The van der Waals surface area contributed by atoms with E-state index in [1.54, 1.807) is 0 Å². The Hall–Kier alpha value is -1.07. The van der Waals surface area contributed by atoms with E-state index in [0.29, 0.717) is 24.6 Å². The number of nitrogens with one attached hydrogen (secondary N) is 2. The van der Waals surface area contributed by atoms with Crippen LogP contribution in [0.4, 0.5) is 0 Å². The molecule has 2 N–H and O–H groups in total. The van der Waals surface area contributed by atoms with Crippen molar-refractivity contribution in [1.29, 1.82) is 0 Å². The lowest BCUT2D eigenvalue weighted by atomic mass is 9.93. The van der Waals surface area contributed by atoms with Gasteiger partial charge in [-0.25, -0.2) is 0 Å². The monoisotopic (exact) mass is 287 g/mol. The Morgan fingerprint density at radius 1 is 1.53 bits per heavy atom. The molecule has 0 bridgehead atoms. The first-order chi connectivity index (χ1) is 8.74. The molecule has 0 unspecified atom stereocenters. The lowest BCUT2D eigenvalue weighted by molar-refractivity contribution is -0.121. The SMILES string of the molecule is Cc1cc(CNC(=O)CCC2CCNCC2)on1.Cl. The fraction of sp³-hybridized carbons (Fsp3) is 0.692. The van der Waals surface area contributed by atoms with Crippen molar-refractivity contribution in [3.05, 3.63) is 17.5 Å². The summed E-state index contributed by atoms with van der Waals surface area (Å²) in [4.78, 5) is 11.7. The van der Waals surface area contributed by atoms with Crippen LogP contribution in [0.1, 0.15) is 37.1 Å². The molecule has 1 saturated heterocycles. The molecular formula is C13H22ClN3O2. The van der Waals surface area contributed by atoms with Gasteiger partial charge in [-0.2, -0.15) is 0 Å². The Morgan fingerprint density at radius 2 is 2.26 bits per heavy atom. The first-order valence-corrected chi connectivity index (χ1v) is 6.63. The maximum Gasteiger partial charge on any atom is 0.220 e. The van der Waals surface area contributed by atoms with E-state index < -0.39 is 0 Å². The van der Waals surface area contributed by atoms with E-state index in [2.05, 4.69) is 15.8 Å². The normalized spacial score (nSPS) is 15.8. The van der Waals surface area contributed by atoms with Gasteiger partial charge < -0.3 is 15.2 Å². The molecule has 0 saturated carbocycles. The van der Waals surface area contributed by atoms with E-state index in [9.17, 15) is 4.79 Å². The third-order valence-electron chi connectivity index (χ3n) is 3.37. The van der Waals surface area contributed by atoms with Crippen LogP contribution in [0.5, 0.6) is 0 Å². The molecule has 0 aromatic carbocycles. The highest BCUT2D eigenvalue weighted by atomic mass is 35.5. The number of rotatable bonds is 5. The zero-order valence-electron chi connectivity index (χ0n) is 11.3. The molecule has 108 valence electrons. The molecule has 1 aliphatic rings. The summed E-state index contributed by atoms with van der Waals surface area (Å²) in [5, 5.41) is 9.98. The molecule has 2 heterocycles. The smallest absolute Gasteiger partial charge is 0.220 e. The van der Waals surface area contributed by atoms with Gasteiger partial charge in [0.1, 0.15) is 0 Å². The number of aromatic nitrogens is 1. The van der Waals surface area contributed by atoms with E-state index in [4.69, 9.17) is 4.52 Å². The lowest BCUT2D eigenvalue weighted by Gasteiger charge is -2.22. The van der Waals surface area contributed by atoms with E-state index >= 15 is 0 Å². The molecule has 1 aromatic rings. The topological polar surface area (TPSA) is 67.2 Å². The first-order valence-electron chi connectivity index (χ1n) is 6.63. The first kappa shape index (κ1) is 16.0. The van der Waals surface area contributed by atoms with Gasteiger partial charge in [-0.15, -0.1) is 12.4 Å². The second-order valence-electron chi connectivity index (χ2n) is 4.94. The highest BCUT2D eigenvalue weighted by molar-refractivity contribution is 5.85. The number of piperidine rings is 1. The lowest BCUT2D eigenvalue weighted by Crippen LogP contribution is -2.29. The summed E-state index contributed by atoms with van der Waals surface area (Å²) in [5.74, 6) is 1.51. The zero-order chi connectivity index (χ0) is 12.8. The summed E-state index contributed by atoms with van der Waals surface area (Å²) in [6.45, 7) is 4.48. The van der Waals surface area contributed by atoms with Gasteiger partial charge in [0.05, 0.1) is 12.2 Å². The molecule has 1 aliphatic heterocycles. The predicted octanol–water partition coefficient (Wildman–Crippen LogP) is 1.80. The van der Waals surface area contributed by atoms with Crippen LogP contribution in [0.2, 0.25) is 0 Å². The Labute approximate surface area is 119 Å². The van der Waals surface area contributed by atoms with E-state index in [1.807, 2.05) is 13.0 Å². The van der Waals surface area contributed by atoms with Crippen LogP contribution in [0.15, 0.2) is 10.6 Å². The highest BCUT2D eigenvalue weighted by Crippen LogP contribution is 2.17. The number of aryl methyl sites for hydroxylation is 1. The van der Waals surface area contributed by atoms with Crippen LogP contribution in [-0.4, -0.2) is 24.2 Å². The molecule has 1 fully saturated rings. The average molecular weight is 288 g/mol. The van der Waals surface area contributed by atoms with Crippen molar-refractivity contribution in [3.8, 4) is 0 Å². The standard InChI is InChI=1S/C13H21N3O2.ClH/c1-10-8-12(18-16-10)9-15-13(17)3-2-11-4-6-14-7-5-11;/h8,11,14H,2-7,9H2,1H3,(H,15,17);1H. The predicted molar refractivity (Wildman–Crippen MR) is 75.2 cm³/mol. The summed E-state index contributed by atoms with van der Waals surface area (Å²) in [7, 11) is 0. The number of hydrogen-bond donors (Lipinski definition) is 2. The van der Waals surface area contributed by atoms with Gasteiger partial charge in [-0.1, -0.05) is 5.16 Å². The number of nitrogens with zero attached hydrogens (tertiary/aromatic N) is 1. The molecule has 19 heavy (non-hydrogen) atoms. The summed E-state index contributed by atoms with van der Waals surface area (Å²) in [6, 6.07) is 1.84. The van der Waals surface area contributed by atoms with Crippen LogP contribution in [0.25, 0.3) is 0 Å². The van der Waals surface area contributed by atoms with Crippen LogP contribution in [-0.2, 0) is 11.3 Å². The molecule has 5 nitrogen and oxygen atoms in total. The molecule has 2 rings (SSSR count). The van der Waals surface area contributed by atoms with Gasteiger partial charge in [-0.05, 0) is 45.2 Å². The largest absolute Gasteiger partial charge is 0.359 e. The summed E-state index contributed by atoms with van der Waals surface area (Å²) >= 11 is 0. The second-order valence-corrected chi connectivity index (χ2v) is 4.94. The third-order valence-corrected chi connectivity index (χ3v) is 3.37. The van der Waals surface area contributed by atoms with Crippen LogP contribution in [0.3, 0.4) is 0 Å². The molecule has 6 heteroatoms. The molecular weight excluding hydrogens is 266 g/mol. The van der Waals surface area contributed by atoms with Crippen LogP contribution < -0.4 is 10.6 Å². The van der Waals surface area contributed by atoms with Gasteiger partial charge in [0, 0.05) is 12.5 Å². The summed E-state index contributed by atoms with van der Waals surface area (Å²) in [5.41, 5.74) is 0.842. The quantitative estimate of drug-likeness (QED) is 0.867. The van der Waals surface area contributed by atoms with Gasteiger partial charge in [-0.3, -0.25) is 4.79 Å². The minimum Gasteiger partial charge on any atom is -0.359 e. The molecule has 0 atom stereocenters. The molecule has 0 spiro atoms. The van der Waals surface area contributed by atoms with Crippen molar-refractivity contribution in [2.24, 2.45) is 5.92 Å². The fourth-order valence-corrected chi connectivity index (χ4v) is 2.28. The Balaban J connectivity index is 0.00000180. The number of amides is 1. The maximum atomic E-state index is 11.7. The van der Waals surface area contributed by atoms with Crippen LogP contribution >= 0.6 is 12.4 Å². The van der Waals surface area contributed by atoms with Crippen molar-refractivity contribution >= 4 is 18.3 Å². The van der Waals surface area contributed by atoms with Gasteiger partial charge in [0.15, 0.2) is 5.76 Å². The Morgan fingerprint density at radius 3 is 2.89 bits per heavy atom. The Kier molecular flexibility index (Phi) is 6.87. The Bertz CT molecular complexity index is 389. The molecule has 1 amide bonds. The van der Waals surface area contributed by atoms with Crippen molar-refractivity contribution in [3.63, 3.8) is 0 Å². The van der Waals surface area contributed by atoms with E-state index in [-0.39, 0.29) is 18.3 Å². The molecule has 0 radical (unpaired) electrons. The van der Waals surface area contributed by atoms with Crippen LogP contribution in [0, 0.1) is 12.8 Å². The maximum absolute atomic E-state index is 11.7. The summed E-state index contributed by atoms with van der Waals surface area (Å²) in [6.07, 6.45) is 3.98. The van der Waals surface area contributed by atoms with Gasteiger partial charge in [0.2, 0.25) is 5.91 Å². The zero-order valence-corrected chi connectivity index (χ0v) is 12.1. The number of hydrogen-bond acceptors (Lipinski definition) is 4. The van der Waals surface area contributed by atoms with Crippen molar-refractivity contribution in [2.75, 3.05) is 13.1 Å². The molecule has 1 aromatic heterocycles. The fourth-order valence-electron chi connectivity index (χ4n) is 2.28.